The van der Waals surface area contributed by atoms with Crippen molar-refractivity contribution in [3.63, 3.8) is 0 Å². The van der Waals surface area contributed by atoms with Crippen LogP contribution in [0.4, 0.5) is 25.2 Å². The van der Waals surface area contributed by atoms with Gasteiger partial charge in [-0.25, -0.2) is 53.9 Å². The maximum atomic E-state index is 11.6. The molecule has 12 aromatic carbocycles. The maximum absolute atomic E-state index is 11.6. The van der Waals surface area contributed by atoms with Gasteiger partial charge < -0.3 is 85.2 Å². The lowest BCUT2D eigenvalue weighted by atomic mass is 10.1. The molecule has 720 valence electrons. The number of rotatable bonds is 18. The second-order valence-electron chi connectivity index (χ2n) is 26.8. The molecule has 0 heterocycles. The van der Waals surface area contributed by atoms with E-state index in [1.165, 1.54) is 137 Å². The molecule has 24 nitrogen and oxygen atoms in total. The largest absolute Gasteiger partial charge is 0.777 e. The van der Waals surface area contributed by atoms with Gasteiger partial charge in [-0.3, -0.25) is 0 Å². The van der Waals surface area contributed by atoms with E-state index >= 15 is 0 Å². The van der Waals surface area contributed by atoms with E-state index < -0.39 is 50.0 Å². The molecule has 0 aliphatic heterocycles. The van der Waals surface area contributed by atoms with Crippen LogP contribution in [0.3, 0.4) is 0 Å². The van der Waals surface area contributed by atoms with Crippen LogP contribution >= 0.6 is 50.0 Å². The van der Waals surface area contributed by atoms with Gasteiger partial charge in [0, 0.05) is 102 Å². The first-order valence-corrected chi connectivity index (χ1v) is 56.0. The maximum Gasteiger partial charge on any atom is 0.359 e. The molecule has 12 aromatic rings. The third-order valence-corrected chi connectivity index (χ3v) is 32.4. The number of hydrogen-bond acceptors (Lipinski definition) is 24. The van der Waals surface area contributed by atoms with Crippen molar-refractivity contribution in [2.24, 2.45) is 0 Å². The summed E-state index contributed by atoms with van der Waals surface area (Å²) in [7, 11) is -15.5. The third-order valence-electron chi connectivity index (χ3n) is 18.9. The molecule has 42 heteroatoms. The zero-order valence-electron chi connectivity index (χ0n) is 75.2. The average molecular weight is 2070 g/mol. The number of carbonyl (C=O) groups is 6. The van der Waals surface area contributed by atoms with E-state index in [4.69, 9.17) is 85.2 Å². The Balaban J connectivity index is 0.000000753. The van der Waals surface area contributed by atoms with Crippen LogP contribution in [-0.4, -0.2) is 148 Å². The van der Waals surface area contributed by atoms with Crippen LogP contribution in [0.15, 0.2) is 284 Å². The number of benzene rings is 12. The molecule has 0 aliphatic carbocycles. The molecule has 132 heavy (non-hydrogen) atoms. The average Bonchev–Trinajstić information content (AvgIpc) is 0.850. The second-order valence-corrected chi connectivity index (χ2v) is 43.4. The summed E-state index contributed by atoms with van der Waals surface area (Å²) in [6.07, 6.45) is 12.5. The van der Waals surface area contributed by atoms with Crippen LogP contribution in [0.5, 0.6) is 0 Å². The lowest BCUT2D eigenvalue weighted by molar-refractivity contribution is -0.175. The van der Waals surface area contributed by atoms with Gasteiger partial charge in [0.25, 0.3) is 0 Å². The van der Waals surface area contributed by atoms with Crippen molar-refractivity contribution < 1.29 is 139 Å². The Kier molecular flexibility index (Phi) is 61.2. The Morgan fingerprint density at radius 3 is 0.394 bits per heavy atom. The summed E-state index contributed by atoms with van der Waals surface area (Å²) in [5.41, 5.74) is 0. The Labute approximate surface area is 786 Å². The smallest absolute Gasteiger partial charge is 0.359 e. The highest BCUT2D eigenvalue weighted by molar-refractivity contribution is 7.99. The quantitative estimate of drug-likeness (QED) is 0.0253. The molecule has 0 radical (unpaired) electrons. The summed E-state index contributed by atoms with van der Waals surface area (Å²) in [5, 5.41) is 14.0. The molecule has 0 saturated heterocycles. The van der Waals surface area contributed by atoms with Gasteiger partial charge in [-0.1, -0.05) is 146 Å². The Bertz CT molecular complexity index is 4860. The van der Waals surface area contributed by atoms with Crippen molar-refractivity contribution in [2.75, 3.05) is 80.2 Å². The Morgan fingerprint density at radius 2 is 0.303 bits per heavy atom. The molecule has 0 N–H and O–H groups in total. The van der Waals surface area contributed by atoms with Gasteiger partial charge in [-0.2, -0.15) is 0 Å². The van der Waals surface area contributed by atoms with Crippen molar-refractivity contribution in [1.82, 2.24) is 0 Å². The Morgan fingerprint density at radius 1 is 0.212 bits per heavy atom. The van der Waals surface area contributed by atoms with Gasteiger partial charge in [0.1, 0.15) is 37.5 Å². The first kappa shape index (κ1) is 122. The topological polar surface area (TPSA) is 399 Å². The lowest BCUT2D eigenvalue weighted by Gasteiger charge is -2.10. The number of methoxy groups -OCH3 is 6. The molecule has 0 fully saturated rings. The molecule has 18 atom stereocenters. The van der Waals surface area contributed by atoms with E-state index in [-0.39, 0.29) is 133 Å². The fourth-order valence-corrected chi connectivity index (χ4v) is 19.6. The number of esters is 6. The summed E-state index contributed by atoms with van der Waals surface area (Å²) >= 11 is 0. The summed E-state index contributed by atoms with van der Waals surface area (Å²) in [6.45, 7) is 11.5. The predicted molar refractivity (Wildman–Crippen MR) is 523 cm³/mol. The summed E-state index contributed by atoms with van der Waals surface area (Å²) < 4.78 is 139. The minimum atomic E-state index is -3.88. The van der Waals surface area contributed by atoms with E-state index in [2.05, 4.69) is 220 Å². The molecule has 0 spiro atoms. The zero-order valence-corrected chi connectivity index (χ0v) is 86.1. The number of fused-ring (bicyclic) bond motifs is 6. The van der Waals surface area contributed by atoms with Crippen LogP contribution in [0.1, 0.15) is 41.5 Å². The molecule has 0 aliphatic rings. The molecule has 0 aromatic heterocycles. The lowest BCUT2D eigenvalue weighted by Crippen LogP contribution is -2.27. The first-order chi connectivity index (χ1) is 62.2. The van der Waals surface area contributed by atoms with Crippen molar-refractivity contribution in [2.45, 2.75) is 102 Å². The highest BCUT2D eigenvalue weighted by atomic mass is 32.2. The first-order valence-electron chi connectivity index (χ1n) is 38.7. The van der Waals surface area contributed by atoms with Gasteiger partial charge in [-0.15, -0.1) is 0 Å². The number of ether oxygens (including phenoxy) is 6. The van der Waals surface area contributed by atoms with Gasteiger partial charge in [0.2, 0.25) is 31.5 Å². The van der Waals surface area contributed by atoms with Gasteiger partial charge in [-0.05, 0) is 179 Å². The fraction of sp³-hybridized carbons (Fsp3) is 0.267. The van der Waals surface area contributed by atoms with Crippen LogP contribution in [-0.2, 0) is 150 Å². The standard InChI is InChI=1S/6C15H17O2S.6FH2O2P/c6*1-11(15(16)17-2)18(3)14-9-8-12-6-4-5-7-13(12)10-14;6*1-4(2)3/h6*4-11H,1-3H3;6*4H,(H,2,3)/q6*+1;;;;;;/p-6. The van der Waals surface area contributed by atoms with E-state index in [0.717, 1.165) is 0 Å². The van der Waals surface area contributed by atoms with Gasteiger partial charge in [0.15, 0.2) is 79.4 Å². The normalized spacial score (nSPS) is 14.4. The van der Waals surface area contributed by atoms with Gasteiger partial charge >= 0.3 is 35.8 Å². The van der Waals surface area contributed by atoms with Crippen molar-refractivity contribution in [3.8, 4) is 0 Å². The van der Waals surface area contributed by atoms with Crippen molar-refractivity contribution >= 4 is 216 Å². The SMILES string of the molecule is COC(=O)C(C)[S+](C)c1ccc2ccccc2c1.COC(=O)C(C)[S+](C)c1ccc2ccccc2c1.COC(=O)C(C)[S+](C)c1ccc2ccccc2c1.COC(=O)C(C)[S+](C)c1ccc2ccccc2c1.COC(=O)C(C)[S+](C)c1ccc2ccccc2c1.COC(=O)C(C)[S+](C)c1ccc2ccccc2c1.O=[PH]([O-])F.O=[PH]([O-])F.O=[PH]([O-])F.O=[PH]([O-])F.O=[PH]([O-])F.O=[PH]([O-])F. The predicted octanol–water partition coefficient (Wildman–Crippen LogP) is 16.3. The highest BCUT2D eigenvalue weighted by Gasteiger charge is 2.37. The number of hydrogen-bond donors (Lipinski definition) is 0. The van der Waals surface area contributed by atoms with Crippen molar-refractivity contribution in [1.29, 1.82) is 0 Å². The molecule has 0 bridgehead atoms. The third kappa shape index (κ3) is 46.4. The monoisotopic (exact) mass is 2060 g/mol. The van der Waals surface area contributed by atoms with Crippen LogP contribution in [0.2, 0.25) is 0 Å². The summed E-state index contributed by atoms with van der Waals surface area (Å²) in [4.78, 5) is 127. The van der Waals surface area contributed by atoms with E-state index in [9.17, 15) is 53.9 Å². The fourth-order valence-electron chi connectivity index (χ4n) is 11.3. The number of carbonyl (C=O) groups excluding carboxylic acids is 6. The number of halogens is 6. The van der Waals surface area contributed by atoms with E-state index in [0.29, 0.717) is 0 Å². The zero-order chi connectivity index (χ0) is 100. The van der Waals surface area contributed by atoms with E-state index in [1.807, 2.05) is 114 Å². The minimum absolute atomic E-state index is 0.101. The summed E-state index contributed by atoms with van der Waals surface area (Å²) in [5.74, 6) is -0.867. The molecule has 18 unspecified atom stereocenters. The second kappa shape index (κ2) is 66.3. The van der Waals surface area contributed by atoms with E-state index in [1.54, 1.807) is 0 Å². The minimum Gasteiger partial charge on any atom is -0.777 e. The highest BCUT2D eigenvalue weighted by Crippen LogP contribution is 2.30. The van der Waals surface area contributed by atoms with Crippen LogP contribution in [0, 0.1) is 0 Å². The Hall–Kier alpha value is -8.16. The molecule has 0 amide bonds. The summed E-state index contributed by atoms with van der Waals surface area (Å²) in [6, 6.07) is 87.8. The molecule has 12 rings (SSSR count). The van der Waals surface area contributed by atoms with Crippen molar-refractivity contribution in [3.05, 3.63) is 255 Å². The molecule has 0 saturated carbocycles. The van der Waals surface area contributed by atoms with Crippen LogP contribution in [0.25, 0.3) is 64.6 Å². The molecular formula is C90H108F6O24P6S6. The van der Waals surface area contributed by atoms with Gasteiger partial charge in [0.05, 0.1) is 42.7 Å². The molecular weight excluding hydrogens is 1960 g/mol. The van der Waals surface area contributed by atoms with Crippen LogP contribution < -0.4 is 29.4 Å².